The lowest BCUT2D eigenvalue weighted by Crippen LogP contribution is -2.33. The molecule has 1 amide bonds. The molecular weight excluding hydrogens is 266 g/mol. The molecule has 0 aliphatic carbocycles. The minimum atomic E-state index is -1.47. The summed E-state index contributed by atoms with van der Waals surface area (Å²) in [6, 6.07) is 9.30. The van der Waals surface area contributed by atoms with Crippen molar-refractivity contribution in [3.05, 3.63) is 35.9 Å². The Hall–Kier alpha value is -1.24. The molecule has 19 heavy (non-hydrogen) atoms. The molecule has 1 aromatic rings. The first-order valence-electron chi connectivity index (χ1n) is 6.01. The van der Waals surface area contributed by atoms with Crippen LogP contribution in [0, 0.1) is 0 Å². The van der Waals surface area contributed by atoms with Gasteiger partial charge in [0.15, 0.2) is 0 Å². The third kappa shape index (κ3) is 5.96. The molecule has 3 unspecified atom stereocenters. The van der Waals surface area contributed by atoms with Gasteiger partial charge < -0.3 is 15.5 Å². The Bertz CT molecular complexity index is 424. The van der Waals surface area contributed by atoms with Gasteiger partial charge in [0.2, 0.25) is 5.91 Å². The molecule has 0 aliphatic rings. The molecule has 0 radical (unpaired) electrons. The topological polar surface area (TPSA) is 86.6 Å². The van der Waals surface area contributed by atoms with Crippen LogP contribution in [0.4, 0.5) is 0 Å². The molecule has 1 rings (SSSR count). The molecule has 3 atom stereocenters. The lowest BCUT2D eigenvalue weighted by molar-refractivity contribution is -0.119. The first-order chi connectivity index (χ1) is 9.02. The summed E-state index contributed by atoms with van der Waals surface area (Å²) in [5, 5.41) is 20.5. The van der Waals surface area contributed by atoms with E-state index < -0.39 is 23.5 Å². The minimum absolute atomic E-state index is 0.0936. The highest BCUT2D eigenvalue weighted by atomic mass is 32.2. The molecule has 5 nitrogen and oxygen atoms in total. The van der Waals surface area contributed by atoms with Gasteiger partial charge in [-0.15, -0.1) is 0 Å². The van der Waals surface area contributed by atoms with Crippen molar-refractivity contribution in [3.63, 3.8) is 0 Å². The predicted molar refractivity (Wildman–Crippen MR) is 74.0 cm³/mol. The molecule has 0 saturated heterocycles. The fraction of sp³-hybridized carbons (Fsp3) is 0.462. The summed E-state index contributed by atoms with van der Waals surface area (Å²) in [4.78, 5) is 11.7. The monoisotopic (exact) mass is 285 g/mol. The van der Waals surface area contributed by atoms with E-state index in [0.717, 1.165) is 5.56 Å². The van der Waals surface area contributed by atoms with Crippen molar-refractivity contribution in [2.24, 2.45) is 0 Å². The molecule has 0 spiro atoms. The molecule has 0 aliphatic heterocycles. The third-order valence-electron chi connectivity index (χ3n) is 2.56. The molecule has 0 bridgehead atoms. The van der Waals surface area contributed by atoms with Crippen molar-refractivity contribution in [2.75, 3.05) is 18.1 Å². The van der Waals surface area contributed by atoms with Gasteiger partial charge in [0.05, 0.1) is 24.5 Å². The number of carbonyl (C=O) groups excluding carboxylic acids is 1. The highest BCUT2D eigenvalue weighted by Gasteiger charge is 2.14. The molecule has 1 aromatic carbocycles. The summed E-state index contributed by atoms with van der Waals surface area (Å²) in [7, 11) is -1.47. The summed E-state index contributed by atoms with van der Waals surface area (Å²) >= 11 is 0. The highest BCUT2D eigenvalue weighted by Crippen LogP contribution is 2.10. The van der Waals surface area contributed by atoms with Crippen molar-refractivity contribution in [3.8, 4) is 0 Å². The zero-order chi connectivity index (χ0) is 14.3. The Morgan fingerprint density at radius 1 is 1.37 bits per heavy atom. The van der Waals surface area contributed by atoms with E-state index in [2.05, 4.69) is 5.32 Å². The van der Waals surface area contributed by atoms with Crippen LogP contribution in [0.2, 0.25) is 0 Å². The smallest absolute Gasteiger partial charge is 0.233 e. The fourth-order valence-corrected chi connectivity index (χ4v) is 2.61. The maximum atomic E-state index is 11.7. The van der Waals surface area contributed by atoms with Gasteiger partial charge in [-0.2, -0.15) is 0 Å². The van der Waals surface area contributed by atoms with Crippen LogP contribution in [0.25, 0.3) is 0 Å². The molecule has 0 heterocycles. The van der Waals surface area contributed by atoms with Crippen LogP contribution in [-0.4, -0.2) is 44.5 Å². The van der Waals surface area contributed by atoms with Gasteiger partial charge in [0.1, 0.15) is 5.75 Å². The van der Waals surface area contributed by atoms with Crippen molar-refractivity contribution in [2.45, 2.75) is 19.1 Å². The standard InChI is InChI=1S/C13H19NO4S/c1-10(11-5-3-2-4-6-11)14-13(17)9-19(18)8-12(16)7-15/h2-6,10,12,15-16H,7-9H2,1H3,(H,14,17). The first-order valence-corrected chi connectivity index (χ1v) is 7.50. The van der Waals surface area contributed by atoms with Crippen molar-refractivity contribution in [1.82, 2.24) is 5.32 Å². The van der Waals surface area contributed by atoms with E-state index in [-0.39, 0.29) is 23.5 Å². The van der Waals surface area contributed by atoms with E-state index in [1.165, 1.54) is 0 Å². The zero-order valence-electron chi connectivity index (χ0n) is 10.8. The van der Waals surface area contributed by atoms with Crippen LogP contribution in [0.3, 0.4) is 0 Å². The van der Waals surface area contributed by atoms with Gasteiger partial charge in [-0.05, 0) is 12.5 Å². The van der Waals surface area contributed by atoms with Crippen molar-refractivity contribution >= 4 is 16.7 Å². The summed E-state index contributed by atoms with van der Waals surface area (Å²) in [5.74, 6) is -0.599. The number of nitrogens with one attached hydrogen (secondary N) is 1. The number of amides is 1. The lowest BCUT2D eigenvalue weighted by atomic mass is 10.1. The number of hydrogen-bond donors (Lipinski definition) is 3. The Morgan fingerprint density at radius 2 is 2.00 bits per heavy atom. The van der Waals surface area contributed by atoms with Crippen LogP contribution < -0.4 is 5.32 Å². The maximum Gasteiger partial charge on any atom is 0.233 e. The average Bonchev–Trinajstić information content (AvgIpc) is 2.39. The normalized spacial score (nSPS) is 15.5. The van der Waals surface area contributed by atoms with E-state index in [9.17, 15) is 9.00 Å². The van der Waals surface area contributed by atoms with Gasteiger partial charge in [-0.25, -0.2) is 0 Å². The largest absolute Gasteiger partial charge is 0.394 e. The third-order valence-corrected chi connectivity index (χ3v) is 3.90. The van der Waals surface area contributed by atoms with E-state index >= 15 is 0 Å². The summed E-state index contributed by atoms with van der Waals surface area (Å²) in [6.45, 7) is 1.40. The Balaban J connectivity index is 2.41. The van der Waals surface area contributed by atoms with Crippen LogP contribution in [0.15, 0.2) is 30.3 Å². The molecule has 3 N–H and O–H groups in total. The number of aliphatic hydroxyl groups is 2. The molecule has 6 heteroatoms. The summed E-state index contributed by atoms with van der Waals surface area (Å²) in [6.07, 6.45) is -1.04. The molecule has 0 aromatic heterocycles. The van der Waals surface area contributed by atoms with Crippen LogP contribution in [0.5, 0.6) is 0 Å². The van der Waals surface area contributed by atoms with Gasteiger partial charge in [-0.1, -0.05) is 30.3 Å². The van der Waals surface area contributed by atoms with Gasteiger partial charge in [-0.3, -0.25) is 9.00 Å². The Labute approximate surface area is 115 Å². The van der Waals surface area contributed by atoms with Gasteiger partial charge >= 0.3 is 0 Å². The second-order valence-electron chi connectivity index (χ2n) is 4.29. The van der Waals surface area contributed by atoms with E-state index in [1.807, 2.05) is 37.3 Å². The van der Waals surface area contributed by atoms with Gasteiger partial charge in [0.25, 0.3) is 0 Å². The highest BCUT2D eigenvalue weighted by molar-refractivity contribution is 7.85. The lowest BCUT2D eigenvalue weighted by Gasteiger charge is -2.14. The SMILES string of the molecule is CC(NC(=O)CS(=O)CC(O)CO)c1ccccc1. The first kappa shape index (κ1) is 15.8. The van der Waals surface area contributed by atoms with Gasteiger partial charge in [0, 0.05) is 10.8 Å². The number of carbonyl (C=O) groups is 1. The summed E-state index contributed by atoms with van der Waals surface area (Å²) < 4.78 is 11.5. The van der Waals surface area contributed by atoms with E-state index in [1.54, 1.807) is 0 Å². The molecule has 106 valence electrons. The van der Waals surface area contributed by atoms with Crippen molar-refractivity contribution < 1.29 is 19.2 Å². The van der Waals surface area contributed by atoms with E-state index in [4.69, 9.17) is 10.2 Å². The quantitative estimate of drug-likeness (QED) is 0.656. The predicted octanol–water partition coefficient (Wildman–Crippen LogP) is -0.0343. The maximum absolute atomic E-state index is 11.7. The van der Waals surface area contributed by atoms with Crippen LogP contribution in [0.1, 0.15) is 18.5 Å². The number of hydrogen-bond acceptors (Lipinski definition) is 4. The number of aliphatic hydroxyl groups excluding tert-OH is 2. The van der Waals surface area contributed by atoms with E-state index in [0.29, 0.717) is 0 Å². The van der Waals surface area contributed by atoms with Crippen molar-refractivity contribution in [1.29, 1.82) is 0 Å². The fourth-order valence-electron chi connectivity index (χ4n) is 1.58. The average molecular weight is 285 g/mol. The Morgan fingerprint density at radius 3 is 2.58 bits per heavy atom. The summed E-state index contributed by atoms with van der Waals surface area (Å²) in [5.41, 5.74) is 0.969. The number of rotatable bonds is 7. The second-order valence-corrected chi connectivity index (χ2v) is 5.79. The molecule has 0 fully saturated rings. The second kappa shape index (κ2) is 8.04. The number of benzene rings is 1. The molecular formula is C13H19NO4S. The minimum Gasteiger partial charge on any atom is -0.394 e. The Kier molecular flexibility index (Phi) is 6.69. The van der Waals surface area contributed by atoms with Crippen LogP contribution in [-0.2, 0) is 15.6 Å². The molecule has 0 saturated carbocycles. The van der Waals surface area contributed by atoms with Crippen LogP contribution >= 0.6 is 0 Å². The zero-order valence-corrected chi connectivity index (χ0v) is 11.6.